The van der Waals surface area contributed by atoms with Crippen molar-refractivity contribution in [2.24, 2.45) is 0 Å². The molecule has 0 heterocycles. The maximum atomic E-state index is 12.8. The molecular weight excluding hydrogens is 853 g/mol. The Morgan fingerprint density at radius 1 is 0.304 bits per heavy atom. The number of esters is 3. The predicted octanol–water partition coefficient (Wildman–Crippen LogP) is 19.8. The summed E-state index contributed by atoms with van der Waals surface area (Å²) < 4.78 is 16.8. The second kappa shape index (κ2) is 57.4. The van der Waals surface area contributed by atoms with Crippen LogP contribution in [0.3, 0.4) is 0 Å². The van der Waals surface area contributed by atoms with E-state index in [0.717, 1.165) is 96.3 Å². The molecule has 0 saturated carbocycles. The van der Waals surface area contributed by atoms with E-state index in [1.165, 1.54) is 154 Å². The first-order valence-corrected chi connectivity index (χ1v) is 29.4. The van der Waals surface area contributed by atoms with Crippen LogP contribution in [0.2, 0.25) is 0 Å². The Balaban J connectivity index is 4.07. The molecule has 0 rings (SSSR count). The van der Waals surface area contributed by atoms with Gasteiger partial charge in [-0.2, -0.15) is 0 Å². The largest absolute Gasteiger partial charge is 0.462 e. The van der Waals surface area contributed by atoms with Gasteiger partial charge in [-0.15, -0.1) is 0 Å². The molecule has 6 nitrogen and oxygen atoms in total. The summed E-state index contributed by atoms with van der Waals surface area (Å²) in [5.74, 6) is -0.888. The minimum atomic E-state index is -0.775. The van der Waals surface area contributed by atoms with E-state index >= 15 is 0 Å². The lowest BCUT2D eigenvalue weighted by Crippen LogP contribution is -2.30. The van der Waals surface area contributed by atoms with E-state index in [2.05, 4.69) is 93.7 Å². The lowest BCUT2D eigenvalue weighted by molar-refractivity contribution is -0.167. The zero-order valence-corrected chi connectivity index (χ0v) is 45.6. The summed E-state index contributed by atoms with van der Waals surface area (Å²) in [6.45, 7) is 6.47. The van der Waals surface area contributed by atoms with Crippen molar-refractivity contribution >= 4 is 17.9 Å². The molecule has 0 aliphatic heterocycles. The summed E-state index contributed by atoms with van der Waals surface area (Å²) >= 11 is 0. The van der Waals surface area contributed by atoms with Crippen LogP contribution in [-0.4, -0.2) is 37.2 Å². The number of carbonyl (C=O) groups is 3. The topological polar surface area (TPSA) is 78.9 Å². The summed E-state index contributed by atoms with van der Waals surface area (Å²) in [4.78, 5) is 37.9. The van der Waals surface area contributed by atoms with E-state index in [-0.39, 0.29) is 31.1 Å². The average molecular weight is 964 g/mol. The molecule has 1 atom stereocenters. The summed E-state index contributed by atoms with van der Waals surface area (Å²) in [6, 6.07) is 0. The van der Waals surface area contributed by atoms with Gasteiger partial charge in [0.2, 0.25) is 0 Å². The van der Waals surface area contributed by atoms with Gasteiger partial charge in [0.15, 0.2) is 6.10 Å². The van der Waals surface area contributed by atoms with Crippen molar-refractivity contribution < 1.29 is 28.6 Å². The second-order valence-electron chi connectivity index (χ2n) is 19.5. The molecule has 1 unspecified atom stereocenters. The molecule has 6 heteroatoms. The van der Waals surface area contributed by atoms with Gasteiger partial charge in [-0.25, -0.2) is 0 Å². The van der Waals surface area contributed by atoms with Gasteiger partial charge in [0.05, 0.1) is 0 Å². The molecule has 398 valence electrons. The third kappa shape index (κ3) is 55.6. The normalized spacial score (nSPS) is 12.6. The quantitative estimate of drug-likeness (QED) is 0.0262. The summed E-state index contributed by atoms with van der Waals surface area (Å²) in [6.07, 6.45) is 73.6. The van der Waals surface area contributed by atoms with Crippen molar-refractivity contribution in [3.05, 3.63) is 72.9 Å². The first kappa shape index (κ1) is 65.8. The van der Waals surface area contributed by atoms with Gasteiger partial charge in [-0.3, -0.25) is 14.4 Å². The first-order valence-electron chi connectivity index (χ1n) is 29.4. The number of rotatable bonds is 53. The fourth-order valence-corrected chi connectivity index (χ4v) is 8.29. The van der Waals surface area contributed by atoms with Crippen LogP contribution in [0.5, 0.6) is 0 Å². The molecule has 0 N–H and O–H groups in total. The van der Waals surface area contributed by atoms with Gasteiger partial charge in [-0.05, 0) is 89.9 Å². The lowest BCUT2D eigenvalue weighted by Gasteiger charge is -2.18. The Bertz CT molecular complexity index is 1290. The summed E-state index contributed by atoms with van der Waals surface area (Å²) in [5.41, 5.74) is 0. The molecule has 0 aromatic heterocycles. The number of carbonyl (C=O) groups excluding carboxylic acids is 3. The van der Waals surface area contributed by atoms with E-state index in [1.54, 1.807) is 0 Å². The Morgan fingerprint density at radius 3 is 0.899 bits per heavy atom. The fraction of sp³-hybridized carbons (Fsp3) is 0.762. The van der Waals surface area contributed by atoms with Gasteiger partial charge in [0.1, 0.15) is 13.2 Å². The Kier molecular flexibility index (Phi) is 54.8. The monoisotopic (exact) mass is 963 g/mol. The van der Waals surface area contributed by atoms with Crippen molar-refractivity contribution in [1.29, 1.82) is 0 Å². The Morgan fingerprint density at radius 2 is 0.565 bits per heavy atom. The van der Waals surface area contributed by atoms with Crippen LogP contribution in [-0.2, 0) is 28.6 Å². The van der Waals surface area contributed by atoms with E-state index in [1.807, 2.05) is 0 Å². The van der Waals surface area contributed by atoms with Gasteiger partial charge in [-0.1, -0.05) is 254 Å². The maximum absolute atomic E-state index is 12.8. The van der Waals surface area contributed by atoms with Crippen LogP contribution in [0.1, 0.15) is 290 Å². The van der Waals surface area contributed by atoms with Crippen molar-refractivity contribution in [1.82, 2.24) is 0 Å². The standard InChI is InChI=1S/C63H110O6/c1-4-7-10-13-16-18-20-22-24-26-27-28-29-30-31-32-33-34-35-36-37-38-40-41-43-45-47-50-53-56-62(65)68-59-60(58-67-61(64)55-52-49-15-12-9-6-3)69-63(66)57-54-51-48-46-44-42-39-25-23-21-19-17-14-11-8-5-2/h7,10,16,18,22,24-25,27-28,30-31,39,60H,4-6,8-9,11-15,17,19-21,23,26,29,32-38,40-59H2,1-3H3/b10-7-,18-16-,24-22-,28-27-,31-30-,39-25-. The average Bonchev–Trinajstić information content (AvgIpc) is 3.35. The highest BCUT2D eigenvalue weighted by atomic mass is 16.6. The van der Waals surface area contributed by atoms with Crippen LogP contribution in [0.15, 0.2) is 72.9 Å². The van der Waals surface area contributed by atoms with Gasteiger partial charge < -0.3 is 14.2 Å². The van der Waals surface area contributed by atoms with Crippen molar-refractivity contribution in [2.45, 2.75) is 297 Å². The molecule has 0 radical (unpaired) electrons. The minimum Gasteiger partial charge on any atom is -0.462 e. The smallest absolute Gasteiger partial charge is 0.306 e. The number of hydrogen-bond donors (Lipinski definition) is 0. The highest BCUT2D eigenvalue weighted by molar-refractivity contribution is 5.71. The van der Waals surface area contributed by atoms with E-state index in [0.29, 0.717) is 19.3 Å². The van der Waals surface area contributed by atoms with Crippen LogP contribution in [0.25, 0.3) is 0 Å². The Labute approximate surface area is 427 Å². The van der Waals surface area contributed by atoms with Crippen molar-refractivity contribution in [3.63, 3.8) is 0 Å². The van der Waals surface area contributed by atoms with Gasteiger partial charge in [0, 0.05) is 19.3 Å². The SMILES string of the molecule is CC/C=C\C/C=C\C/C=C\C/C=C\C/C=C\CCCCCCCCCCCCCCCC(=O)OCC(COC(=O)CCCCCCCC)OC(=O)CCCCCCC/C=C\CCCCCCCCC. The minimum absolute atomic E-state index is 0.0768. The van der Waals surface area contributed by atoms with Crippen molar-refractivity contribution in [2.75, 3.05) is 13.2 Å². The molecule has 0 aromatic carbocycles. The maximum Gasteiger partial charge on any atom is 0.306 e. The van der Waals surface area contributed by atoms with E-state index in [4.69, 9.17) is 14.2 Å². The molecule has 69 heavy (non-hydrogen) atoms. The van der Waals surface area contributed by atoms with Gasteiger partial charge in [0.25, 0.3) is 0 Å². The van der Waals surface area contributed by atoms with E-state index < -0.39 is 6.10 Å². The zero-order chi connectivity index (χ0) is 50.0. The zero-order valence-electron chi connectivity index (χ0n) is 45.6. The molecule has 0 aromatic rings. The van der Waals surface area contributed by atoms with Crippen LogP contribution in [0.4, 0.5) is 0 Å². The molecule has 0 spiro atoms. The number of ether oxygens (including phenoxy) is 3. The lowest BCUT2D eigenvalue weighted by atomic mass is 10.0. The molecule has 0 aliphatic carbocycles. The Hall–Kier alpha value is -3.15. The summed E-state index contributed by atoms with van der Waals surface area (Å²) in [7, 11) is 0. The van der Waals surface area contributed by atoms with Crippen molar-refractivity contribution in [3.8, 4) is 0 Å². The predicted molar refractivity (Wildman–Crippen MR) is 298 cm³/mol. The number of hydrogen-bond acceptors (Lipinski definition) is 6. The molecule has 0 bridgehead atoms. The number of unbranched alkanes of at least 4 members (excludes halogenated alkanes) is 30. The van der Waals surface area contributed by atoms with E-state index in [9.17, 15) is 14.4 Å². The molecule has 0 aliphatic rings. The highest BCUT2D eigenvalue weighted by Gasteiger charge is 2.19. The third-order valence-corrected chi connectivity index (χ3v) is 12.7. The second-order valence-corrected chi connectivity index (χ2v) is 19.5. The first-order chi connectivity index (χ1) is 34.0. The molecular formula is C63H110O6. The summed E-state index contributed by atoms with van der Waals surface area (Å²) in [5, 5.41) is 0. The molecule has 0 saturated heterocycles. The van der Waals surface area contributed by atoms with Crippen LogP contribution in [0, 0.1) is 0 Å². The molecule has 0 fully saturated rings. The van der Waals surface area contributed by atoms with Gasteiger partial charge >= 0.3 is 17.9 Å². The van der Waals surface area contributed by atoms with Crippen LogP contribution >= 0.6 is 0 Å². The third-order valence-electron chi connectivity index (χ3n) is 12.7. The molecule has 0 amide bonds. The fourth-order valence-electron chi connectivity index (χ4n) is 8.29. The number of allylic oxidation sites excluding steroid dienone is 12. The van der Waals surface area contributed by atoms with Crippen LogP contribution < -0.4 is 0 Å². The highest BCUT2D eigenvalue weighted by Crippen LogP contribution is 2.16.